The van der Waals surface area contributed by atoms with Gasteiger partial charge in [0.2, 0.25) is 0 Å². The van der Waals surface area contributed by atoms with Crippen LogP contribution in [0, 0.1) is 11.8 Å². The van der Waals surface area contributed by atoms with Gasteiger partial charge in [0.25, 0.3) is 0 Å². The fourth-order valence-electron chi connectivity index (χ4n) is 0.652. The minimum atomic E-state index is 0.697. The molecule has 0 unspecified atom stereocenters. The molecule has 1 heterocycles. The standard InChI is InChI=1S/C6H8ClNS.C2H6N2O/c1-5-6(2-3-7)9-4-8-5;1-4(2)3-5/h4H,2-3H2,1H3;1-2H3. The predicted molar refractivity (Wildman–Crippen MR) is 60.8 cm³/mol. The molecule has 0 aliphatic rings. The molecule has 0 saturated heterocycles. The zero-order valence-corrected chi connectivity index (χ0v) is 10.1. The lowest BCUT2D eigenvalue weighted by molar-refractivity contribution is 0.431. The Bertz CT molecular complexity index is 265. The van der Waals surface area contributed by atoms with Crippen molar-refractivity contribution in [1.29, 1.82) is 0 Å². The molecule has 0 aliphatic heterocycles. The number of alkyl halides is 1. The zero-order chi connectivity index (χ0) is 11.0. The molecule has 1 aromatic heterocycles. The Kier molecular flexibility index (Phi) is 7.32. The predicted octanol–water partition coefficient (Wildman–Crippen LogP) is 2.46. The van der Waals surface area contributed by atoms with Crippen LogP contribution in [0.5, 0.6) is 0 Å². The normalized spacial score (nSPS) is 8.86. The maximum Gasteiger partial charge on any atom is 0.0797 e. The van der Waals surface area contributed by atoms with E-state index < -0.39 is 0 Å². The van der Waals surface area contributed by atoms with Crippen molar-refractivity contribution in [1.82, 2.24) is 9.99 Å². The van der Waals surface area contributed by atoms with Crippen LogP contribution in [0.4, 0.5) is 0 Å². The maximum atomic E-state index is 9.18. The molecular formula is C8H14ClN3OS. The van der Waals surface area contributed by atoms with E-state index in [1.54, 1.807) is 25.4 Å². The highest BCUT2D eigenvalue weighted by Gasteiger charge is 1.97. The Labute approximate surface area is 92.8 Å². The Morgan fingerprint density at radius 1 is 1.64 bits per heavy atom. The Balaban J connectivity index is 0.000000292. The second-order valence-corrected chi connectivity index (χ2v) is 4.05. The van der Waals surface area contributed by atoms with Gasteiger partial charge in [-0.2, -0.15) is 0 Å². The summed E-state index contributed by atoms with van der Waals surface area (Å²) < 4.78 is 0. The highest BCUT2D eigenvalue weighted by atomic mass is 35.5. The van der Waals surface area contributed by atoms with Gasteiger partial charge in [-0.05, 0) is 13.3 Å². The summed E-state index contributed by atoms with van der Waals surface area (Å²) in [6.45, 7) is 2.01. The van der Waals surface area contributed by atoms with E-state index in [2.05, 4.69) is 10.3 Å². The number of nitrogens with zero attached hydrogens (tertiary/aromatic N) is 3. The third-order valence-corrected chi connectivity index (χ3v) is 2.51. The summed E-state index contributed by atoms with van der Waals surface area (Å²) in [5, 5.41) is 3.67. The molecule has 1 aromatic rings. The van der Waals surface area contributed by atoms with E-state index in [0.29, 0.717) is 5.88 Å². The van der Waals surface area contributed by atoms with Gasteiger partial charge < -0.3 is 0 Å². The number of hydrogen-bond acceptors (Lipinski definition) is 4. The monoisotopic (exact) mass is 235 g/mol. The van der Waals surface area contributed by atoms with E-state index in [9.17, 15) is 4.91 Å². The third kappa shape index (κ3) is 5.88. The van der Waals surface area contributed by atoms with Crippen LogP contribution >= 0.6 is 22.9 Å². The average Bonchev–Trinajstić information content (AvgIpc) is 2.54. The van der Waals surface area contributed by atoms with Crippen molar-refractivity contribution in [2.24, 2.45) is 5.29 Å². The largest absolute Gasteiger partial charge is 0.267 e. The van der Waals surface area contributed by atoms with Gasteiger partial charge in [0, 0.05) is 24.9 Å². The summed E-state index contributed by atoms with van der Waals surface area (Å²) in [4.78, 5) is 14.6. The maximum absolute atomic E-state index is 9.18. The smallest absolute Gasteiger partial charge is 0.0797 e. The van der Waals surface area contributed by atoms with Crippen molar-refractivity contribution < 1.29 is 0 Å². The van der Waals surface area contributed by atoms with Gasteiger partial charge in [-0.3, -0.25) is 5.01 Å². The second kappa shape index (κ2) is 7.70. The van der Waals surface area contributed by atoms with Crippen molar-refractivity contribution in [2.75, 3.05) is 20.0 Å². The van der Waals surface area contributed by atoms with Gasteiger partial charge in [-0.25, -0.2) is 4.98 Å². The summed E-state index contributed by atoms with van der Waals surface area (Å²) >= 11 is 7.22. The zero-order valence-electron chi connectivity index (χ0n) is 8.53. The summed E-state index contributed by atoms with van der Waals surface area (Å²) in [6, 6.07) is 0. The SMILES string of the molecule is CN(C)N=O.Cc1ncsc1CCCl. The van der Waals surface area contributed by atoms with Gasteiger partial charge in [0.1, 0.15) is 0 Å². The molecule has 0 amide bonds. The number of aryl methyl sites for hydroxylation is 2. The lowest BCUT2D eigenvalue weighted by Gasteiger charge is -1.90. The van der Waals surface area contributed by atoms with Gasteiger partial charge in [0.05, 0.1) is 16.5 Å². The molecule has 0 atom stereocenters. The van der Waals surface area contributed by atoms with E-state index in [1.807, 2.05) is 12.4 Å². The minimum absolute atomic E-state index is 0.697. The fourth-order valence-corrected chi connectivity index (χ4v) is 1.73. The molecule has 80 valence electrons. The number of nitroso groups, excluding NO2 is 1. The van der Waals surface area contributed by atoms with Crippen molar-refractivity contribution in [2.45, 2.75) is 13.3 Å². The van der Waals surface area contributed by atoms with Crippen molar-refractivity contribution >= 4 is 22.9 Å². The number of thiazole rings is 1. The molecule has 1 rings (SSSR count). The topological polar surface area (TPSA) is 45.6 Å². The molecule has 6 heteroatoms. The Morgan fingerprint density at radius 2 is 2.21 bits per heavy atom. The molecule has 0 saturated carbocycles. The Hall–Kier alpha value is -0.680. The van der Waals surface area contributed by atoms with Crippen LogP contribution in [0.3, 0.4) is 0 Å². The molecule has 0 fully saturated rings. The number of aromatic nitrogens is 1. The van der Waals surface area contributed by atoms with Gasteiger partial charge >= 0.3 is 0 Å². The second-order valence-electron chi connectivity index (χ2n) is 2.73. The molecule has 0 spiro atoms. The van der Waals surface area contributed by atoms with E-state index >= 15 is 0 Å². The van der Waals surface area contributed by atoms with Crippen LogP contribution in [-0.2, 0) is 6.42 Å². The van der Waals surface area contributed by atoms with Crippen LogP contribution in [0.2, 0.25) is 0 Å². The van der Waals surface area contributed by atoms with Crippen LogP contribution in [0.15, 0.2) is 10.8 Å². The van der Waals surface area contributed by atoms with Gasteiger partial charge in [-0.1, -0.05) is 0 Å². The van der Waals surface area contributed by atoms with E-state index in [-0.39, 0.29) is 0 Å². The Morgan fingerprint density at radius 3 is 2.50 bits per heavy atom. The summed E-state index contributed by atoms with van der Waals surface area (Å²) in [7, 11) is 3.15. The number of hydrogen-bond donors (Lipinski definition) is 0. The lowest BCUT2D eigenvalue weighted by atomic mass is 10.3. The summed E-state index contributed by atoms with van der Waals surface area (Å²) in [5.41, 5.74) is 2.98. The molecule has 0 aromatic carbocycles. The first-order valence-electron chi connectivity index (χ1n) is 4.07. The first-order valence-corrected chi connectivity index (χ1v) is 5.48. The van der Waals surface area contributed by atoms with Crippen LogP contribution in [0.25, 0.3) is 0 Å². The van der Waals surface area contributed by atoms with Crippen LogP contribution in [0.1, 0.15) is 10.6 Å². The van der Waals surface area contributed by atoms with Crippen molar-refractivity contribution in [3.8, 4) is 0 Å². The third-order valence-electron chi connectivity index (χ3n) is 1.33. The van der Waals surface area contributed by atoms with E-state index in [0.717, 1.165) is 12.1 Å². The first-order chi connectivity index (χ1) is 6.61. The lowest BCUT2D eigenvalue weighted by Crippen LogP contribution is -1.97. The molecule has 0 aliphatic carbocycles. The van der Waals surface area contributed by atoms with E-state index in [4.69, 9.17) is 11.6 Å². The molecular weight excluding hydrogens is 222 g/mol. The highest BCUT2D eigenvalue weighted by Crippen LogP contribution is 2.12. The molecule has 0 bridgehead atoms. The van der Waals surface area contributed by atoms with Crippen molar-refractivity contribution in [3.63, 3.8) is 0 Å². The molecule has 0 radical (unpaired) electrons. The van der Waals surface area contributed by atoms with Crippen LogP contribution in [-0.4, -0.2) is 30.0 Å². The summed E-state index contributed by atoms with van der Waals surface area (Å²) in [5.74, 6) is 0.697. The van der Waals surface area contributed by atoms with Gasteiger partial charge in [0.15, 0.2) is 0 Å². The first kappa shape index (κ1) is 13.3. The van der Waals surface area contributed by atoms with E-state index in [1.165, 1.54) is 9.89 Å². The fraction of sp³-hybridized carbons (Fsp3) is 0.625. The molecule has 14 heavy (non-hydrogen) atoms. The summed E-state index contributed by atoms with van der Waals surface area (Å²) in [6.07, 6.45) is 0.956. The number of halogens is 1. The van der Waals surface area contributed by atoms with Crippen LogP contribution < -0.4 is 0 Å². The molecule has 4 nitrogen and oxygen atoms in total. The minimum Gasteiger partial charge on any atom is -0.267 e. The van der Waals surface area contributed by atoms with Gasteiger partial charge in [-0.15, -0.1) is 27.8 Å². The number of rotatable bonds is 3. The van der Waals surface area contributed by atoms with Crippen molar-refractivity contribution in [3.05, 3.63) is 21.0 Å². The quantitative estimate of drug-likeness (QED) is 0.459. The molecule has 0 N–H and O–H groups in total. The highest BCUT2D eigenvalue weighted by molar-refractivity contribution is 7.09. The average molecular weight is 236 g/mol.